The van der Waals surface area contributed by atoms with Gasteiger partial charge in [-0.3, -0.25) is 9.78 Å². The predicted molar refractivity (Wildman–Crippen MR) is 97.1 cm³/mol. The van der Waals surface area contributed by atoms with Gasteiger partial charge in [-0.05, 0) is 42.5 Å². The van der Waals surface area contributed by atoms with E-state index >= 15 is 0 Å². The topological polar surface area (TPSA) is 60.5 Å². The van der Waals surface area contributed by atoms with Crippen molar-refractivity contribution in [2.45, 2.75) is 0 Å². The van der Waals surface area contributed by atoms with Crippen molar-refractivity contribution >= 4 is 11.6 Å². The second-order valence-corrected chi connectivity index (χ2v) is 5.43. The van der Waals surface area contributed by atoms with E-state index in [1.54, 1.807) is 55.8 Å². The first-order valence-corrected chi connectivity index (χ1v) is 7.86. The van der Waals surface area contributed by atoms with E-state index in [0.717, 1.165) is 0 Å². The van der Waals surface area contributed by atoms with Gasteiger partial charge in [0, 0.05) is 29.1 Å². The number of amides is 1. The molecule has 1 amide bonds. The summed E-state index contributed by atoms with van der Waals surface area (Å²) in [5, 5.41) is 2.72. The van der Waals surface area contributed by atoms with Crippen LogP contribution in [0.15, 0.2) is 60.8 Å². The lowest BCUT2D eigenvalue weighted by Gasteiger charge is -2.10. The lowest BCUT2D eigenvalue weighted by Crippen LogP contribution is -2.12. The van der Waals surface area contributed by atoms with Gasteiger partial charge in [-0.25, -0.2) is 4.39 Å². The summed E-state index contributed by atoms with van der Waals surface area (Å²) >= 11 is 0. The minimum atomic E-state index is -0.555. The maximum absolute atomic E-state index is 14.6. The summed E-state index contributed by atoms with van der Waals surface area (Å²) in [7, 11) is 3.04. The van der Waals surface area contributed by atoms with Crippen LogP contribution in [0.25, 0.3) is 11.3 Å². The van der Waals surface area contributed by atoms with Crippen LogP contribution in [0.5, 0.6) is 11.5 Å². The van der Waals surface area contributed by atoms with Crippen molar-refractivity contribution in [2.75, 3.05) is 19.5 Å². The molecule has 0 saturated heterocycles. The second-order valence-electron chi connectivity index (χ2n) is 5.43. The smallest absolute Gasteiger partial charge is 0.255 e. The number of ether oxygens (including phenoxy) is 2. The lowest BCUT2D eigenvalue weighted by atomic mass is 10.1. The zero-order valence-electron chi connectivity index (χ0n) is 14.3. The number of benzene rings is 2. The lowest BCUT2D eigenvalue weighted by molar-refractivity contribution is 0.102. The average Bonchev–Trinajstić information content (AvgIpc) is 2.68. The molecule has 0 aliphatic rings. The Morgan fingerprint density at radius 1 is 1.04 bits per heavy atom. The van der Waals surface area contributed by atoms with Crippen molar-refractivity contribution < 1.29 is 18.7 Å². The van der Waals surface area contributed by atoms with E-state index in [9.17, 15) is 9.18 Å². The van der Waals surface area contributed by atoms with Gasteiger partial charge in [0.1, 0.15) is 23.0 Å². The highest BCUT2D eigenvalue weighted by Crippen LogP contribution is 2.30. The molecule has 5 nitrogen and oxygen atoms in total. The molecule has 1 heterocycles. The van der Waals surface area contributed by atoms with Gasteiger partial charge in [-0.2, -0.15) is 0 Å². The molecule has 2 aromatic carbocycles. The third-order valence-corrected chi connectivity index (χ3v) is 3.80. The number of nitrogens with one attached hydrogen (secondary N) is 1. The van der Waals surface area contributed by atoms with E-state index in [0.29, 0.717) is 22.9 Å². The van der Waals surface area contributed by atoms with E-state index in [1.165, 1.54) is 19.2 Å². The predicted octanol–water partition coefficient (Wildman–Crippen LogP) is 4.16. The van der Waals surface area contributed by atoms with Crippen LogP contribution in [0.2, 0.25) is 0 Å². The maximum Gasteiger partial charge on any atom is 0.255 e. The molecule has 6 heteroatoms. The Labute approximate surface area is 150 Å². The van der Waals surface area contributed by atoms with Gasteiger partial charge < -0.3 is 14.8 Å². The van der Waals surface area contributed by atoms with Gasteiger partial charge >= 0.3 is 0 Å². The Hall–Kier alpha value is -3.41. The molecule has 0 bridgehead atoms. The quantitative estimate of drug-likeness (QED) is 0.749. The fraction of sp³-hybridized carbons (Fsp3) is 0.100. The number of hydrogen-bond donors (Lipinski definition) is 1. The summed E-state index contributed by atoms with van der Waals surface area (Å²) in [5.41, 5.74) is 1.40. The zero-order chi connectivity index (χ0) is 18.5. The standard InChI is InChI=1S/C20H17FN2O3/c1-25-15-6-3-5-14(12-15)23-20(24)13-8-9-16(17(21)11-13)19-18(26-2)7-4-10-22-19/h3-12H,1-2H3,(H,23,24). The third kappa shape index (κ3) is 3.64. The second kappa shape index (κ2) is 7.65. The number of carbonyl (C=O) groups excluding carboxylic acids is 1. The van der Waals surface area contributed by atoms with Gasteiger partial charge in [-0.15, -0.1) is 0 Å². The summed E-state index contributed by atoms with van der Waals surface area (Å²) in [6.45, 7) is 0. The van der Waals surface area contributed by atoms with E-state index in [4.69, 9.17) is 9.47 Å². The Balaban J connectivity index is 1.86. The summed E-state index contributed by atoms with van der Waals surface area (Å²) < 4.78 is 24.9. The number of anilines is 1. The number of hydrogen-bond acceptors (Lipinski definition) is 4. The first-order valence-electron chi connectivity index (χ1n) is 7.86. The van der Waals surface area contributed by atoms with Crippen LogP contribution < -0.4 is 14.8 Å². The van der Waals surface area contributed by atoms with Crippen LogP contribution in [0, 0.1) is 5.82 Å². The molecule has 0 aliphatic carbocycles. The molecule has 132 valence electrons. The Bertz CT molecular complexity index is 944. The van der Waals surface area contributed by atoms with Gasteiger partial charge in [0.05, 0.1) is 14.2 Å². The van der Waals surface area contributed by atoms with Crippen molar-refractivity contribution in [1.82, 2.24) is 4.98 Å². The molecule has 0 fully saturated rings. The van der Waals surface area contributed by atoms with E-state index < -0.39 is 11.7 Å². The van der Waals surface area contributed by atoms with Crippen molar-refractivity contribution in [1.29, 1.82) is 0 Å². The molecule has 3 aromatic rings. The number of carbonyl (C=O) groups is 1. The first-order chi connectivity index (χ1) is 12.6. The van der Waals surface area contributed by atoms with Crippen molar-refractivity contribution in [2.24, 2.45) is 0 Å². The summed E-state index contributed by atoms with van der Waals surface area (Å²) in [4.78, 5) is 16.5. The van der Waals surface area contributed by atoms with E-state index in [1.807, 2.05) is 0 Å². The molecule has 0 unspecified atom stereocenters. The van der Waals surface area contributed by atoms with Crippen LogP contribution in [-0.4, -0.2) is 25.1 Å². The summed E-state index contributed by atoms with van der Waals surface area (Å²) in [5.74, 6) is 0.100. The Morgan fingerprint density at radius 2 is 1.88 bits per heavy atom. The molecule has 26 heavy (non-hydrogen) atoms. The van der Waals surface area contributed by atoms with Gasteiger partial charge in [-0.1, -0.05) is 6.07 Å². The van der Waals surface area contributed by atoms with Crippen LogP contribution in [-0.2, 0) is 0 Å². The highest BCUT2D eigenvalue weighted by Gasteiger charge is 2.15. The number of halogens is 1. The number of nitrogens with zero attached hydrogens (tertiary/aromatic N) is 1. The molecule has 0 saturated carbocycles. The molecule has 1 aromatic heterocycles. The van der Waals surface area contributed by atoms with Crippen LogP contribution in [0.4, 0.5) is 10.1 Å². The van der Waals surface area contributed by atoms with Gasteiger partial charge in [0.25, 0.3) is 5.91 Å². The number of pyridine rings is 1. The molecule has 0 radical (unpaired) electrons. The maximum atomic E-state index is 14.6. The number of rotatable bonds is 5. The fourth-order valence-corrected chi connectivity index (χ4v) is 2.51. The van der Waals surface area contributed by atoms with Crippen LogP contribution in [0.1, 0.15) is 10.4 Å². The number of aromatic nitrogens is 1. The summed E-state index contributed by atoms with van der Waals surface area (Å²) in [6, 6.07) is 14.6. The molecule has 0 spiro atoms. The molecule has 1 N–H and O–H groups in total. The fourth-order valence-electron chi connectivity index (χ4n) is 2.51. The van der Waals surface area contributed by atoms with Crippen LogP contribution in [0.3, 0.4) is 0 Å². The normalized spacial score (nSPS) is 10.3. The molecular weight excluding hydrogens is 335 g/mol. The molecular formula is C20H17FN2O3. The summed E-state index contributed by atoms with van der Waals surface area (Å²) in [6.07, 6.45) is 1.56. The monoisotopic (exact) mass is 352 g/mol. The van der Waals surface area contributed by atoms with Gasteiger partial charge in [0.2, 0.25) is 0 Å². The SMILES string of the molecule is COc1cccc(NC(=O)c2ccc(-c3ncccc3OC)c(F)c2)c1. The first kappa shape index (κ1) is 17.4. The van der Waals surface area contributed by atoms with Crippen molar-refractivity contribution in [3.05, 3.63) is 72.2 Å². The highest BCUT2D eigenvalue weighted by molar-refractivity contribution is 6.04. The molecule has 3 rings (SSSR count). The molecule has 0 atom stereocenters. The Morgan fingerprint density at radius 3 is 2.62 bits per heavy atom. The zero-order valence-corrected chi connectivity index (χ0v) is 14.3. The van der Waals surface area contributed by atoms with E-state index in [2.05, 4.69) is 10.3 Å². The molecule has 0 aliphatic heterocycles. The minimum Gasteiger partial charge on any atom is -0.497 e. The van der Waals surface area contributed by atoms with Crippen LogP contribution >= 0.6 is 0 Å². The largest absolute Gasteiger partial charge is 0.497 e. The van der Waals surface area contributed by atoms with E-state index in [-0.39, 0.29) is 11.1 Å². The minimum absolute atomic E-state index is 0.198. The number of methoxy groups -OCH3 is 2. The average molecular weight is 352 g/mol. The van der Waals surface area contributed by atoms with Crippen molar-refractivity contribution in [3.63, 3.8) is 0 Å². The Kier molecular flexibility index (Phi) is 5.12. The third-order valence-electron chi connectivity index (χ3n) is 3.80. The van der Waals surface area contributed by atoms with Gasteiger partial charge in [0.15, 0.2) is 0 Å². The highest BCUT2D eigenvalue weighted by atomic mass is 19.1. The van der Waals surface area contributed by atoms with Crippen molar-refractivity contribution in [3.8, 4) is 22.8 Å².